The molecule has 0 radical (unpaired) electrons. The van der Waals surface area contributed by atoms with E-state index in [1.54, 1.807) is 30.3 Å². The normalized spacial score (nSPS) is 24.5. The molecule has 0 spiro atoms. The first-order valence-corrected chi connectivity index (χ1v) is 7.73. The van der Waals surface area contributed by atoms with Gasteiger partial charge < -0.3 is 9.47 Å². The molecule has 1 aliphatic rings. The Labute approximate surface area is 146 Å². The Bertz CT molecular complexity index is 774. The van der Waals surface area contributed by atoms with Crippen LogP contribution < -0.4 is 0 Å². The van der Waals surface area contributed by atoms with Crippen LogP contribution in [-0.2, 0) is 15.3 Å². The highest BCUT2D eigenvalue weighted by Gasteiger charge is 2.74. The van der Waals surface area contributed by atoms with Gasteiger partial charge in [-0.25, -0.2) is 0 Å². The molecule has 0 aliphatic carbocycles. The summed E-state index contributed by atoms with van der Waals surface area (Å²) in [4.78, 5) is 0. The van der Waals surface area contributed by atoms with Crippen molar-refractivity contribution in [3.63, 3.8) is 0 Å². The fourth-order valence-electron chi connectivity index (χ4n) is 2.83. The van der Waals surface area contributed by atoms with Gasteiger partial charge in [-0.1, -0.05) is 67.2 Å². The van der Waals surface area contributed by atoms with Gasteiger partial charge in [0.1, 0.15) is 6.10 Å². The van der Waals surface area contributed by atoms with Crippen LogP contribution in [0.2, 0.25) is 0 Å². The zero-order chi connectivity index (χ0) is 19.0. The summed E-state index contributed by atoms with van der Waals surface area (Å²) >= 11 is 0. The lowest BCUT2D eigenvalue weighted by atomic mass is 9.93. The lowest BCUT2D eigenvalue weighted by Gasteiger charge is -2.46. The molecule has 26 heavy (non-hydrogen) atoms. The van der Waals surface area contributed by atoms with Crippen LogP contribution in [0.15, 0.2) is 72.8 Å². The molecule has 1 saturated heterocycles. The molecular formula is C19H15F5O2. The quantitative estimate of drug-likeness (QED) is 0.533. The molecule has 1 heterocycles. The second-order valence-corrected chi connectivity index (χ2v) is 5.91. The maximum atomic E-state index is 14.6. The average Bonchev–Trinajstić information content (AvgIpc) is 2.62. The topological polar surface area (TPSA) is 18.5 Å². The number of hydrogen-bond donors (Lipinski definition) is 0. The second-order valence-electron chi connectivity index (χ2n) is 5.91. The van der Waals surface area contributed by atoms with Crippen LogP contribution >= 0.6 is 0 Å². The Balaban J connectivity index is 2.15. The minimum Gasteiger partial charge on any atom is -0.336 e. The molecule has 0 aromatic heterocycles. The summed E-state index contributed by atoms with van der Waals surface area (Å²) in [5.74, 6) is -8.59. The monoisotopic (exact) mass is 370 g/mol. The number of ether oxygens (including phenoxy) is 2. The van der Waals surface area contributed by atoms with E-state index in [2.05, 4.69) is 6.58 Å². The maximum absolute atomic E-state index is 14.6. The Kier molecular flexibility index (Phi) is 4.62. The van der Waals surface area contributed by atoms with E-state index in [4.69, 9.17) is 9.47 Å². The third kappa shape index (κ3) is 2.91. The SMILES string of the molecule is C=C1CO[C@](c2ccccc2)(C(F)(F)C(F)(F)F)O[C@H]1c1ccccc1. The summed E-state index contributed by atoms with van der Waals surface area (Å²) in [6.45, 7) is 3.20. The van der Waals surface area contributed by atoms with Crippen LogP contribution in [0.4, 0.5) is 22.0 Å². The van der Waals surface area contributed by atoms with Crippen LogP contribution in [0.1, 0.15) is 17.2 Å². The van der Waals surface area contributed by atoms with E-state index in [-0.39, 0.29) is 5.57 Å². The van der Waals surface area contributed by atoms with Crippen molar-refractivity contribution in [1.82, 2.24) is 0 Å². The van der Waals surface area contributed by atoms with Crippen molar-refractivity contribution in [2.45, 2.75) is 24.0 Å². The summed E-state index contributed by atoms with van der Waals surface area (Å²) in [5, 5.41) is 0. The summed E-state index contributed by atoms with van der Waals surface area (Å²) in [7, 11) is 0. The van der Waals surface area contributed by atoms with Crippen molar-refractivity contribution >= 4 is 0 Å². The van der Waals surface area contributed by atoms with E-state index in [0.717, 1.165) is 12.1 Å². The molecule has 3 rings (SSSR count). The van der Waals surface area contributed by atoms with Gasteiger partial charge in [0, 0.05) is 5.56 Å². The van der Waals surface area contributed by atoms with Crippen molar-refractivity contribution in [3.8, 4) is 0 Å². The van der Waals surface area contributed by atoms with Crippen molar-refractivity contribution in [2.75, 3.05) is 6.61 Å². The fourth-order valence-corrected chi connectivity index (χ4v) is 2.83. The van der Waals surface area contributed by atoms with E-state index in [0.29, 0.717) is 5.56 Å². The van der Waals surface area contributed by atoms with Gasteiger partial charge in [-0.05, 0) is 11.1 Å². The van der Waals surface area contributed by atoms with Gasteiger partial charge in [0.05, 0.1) is 6.61 Å². The van der Waals surface area contributed by atoms with Gasteiger partial charge in [0.25, 0.3) is 5.79 Å². The lowest BCUT2D eigenvalue weighted by molar-refractivity contribution is -0.438. The first kappa shape index (κ1) is 18.5. The molecule has 0 N–H and O–H groups in total. The van der Waals surface area contributed by atoms with Gasteiger partial charge in [0.15, 0.2) is 0 Å². The Morgan fingerprint density at radius 1 is 0.885 bits per heavy atom. The van der Waals surface area contributed by atoms with Crippen molar-refractivity contribution in [1.29, 1.82) is 0 Å². The molecule has 138 valence electrons. The molecule has 2 nitrogen and oxygen atoms in total. The Morgan fingerprint density at radius 3 is 1.96 bits per heavy atom. The Hall–Kier alpha value is -2.25. The van der Waals surface area contributed by atoms with E-state index in [1.165, 1.54) is 18.2 Å². The summed E-state index contributed by atoms with van der Waals surface area (Å²) in [5.41, 5.74) is 0.246. The molecule has 2 aromatic rings. The van der Waals surface area contributed by atoms with E-state index in [1.807, 2.05) is 0 Å². The highest BCUT2D eigenvalue weighted by Crippen LogP contribution is 2.55. The first-order valence-electron chi connectivity index (χ1n) is 7.73. The molecule has 2 aromatic carbocycles. The van der Waals surface area contributed by atoms with Crippen LogP contribution in [0.25, 0.3) is 0 Å². The van der Waals surface area contributed by atoms with Crippen LogP contribution in [0.5, 0.6) is 0 Å². The lowest BCUT2D eigenvalue weighted by Crippen LogP contribution is -2.60. The van der Waals surface area contributed by atoms with Crippen LogP contribution in [0.3, 0.4) is 0 Å². The van der Waals surface area contributed by atoms with Gasteiger partial charge >= 0.3 is 12.1 Å². The molecular weight excluding hydrogens is 355 g/mol. The zero-order valence-corrected chi connectivity index (χ0v) is 13.5. The molecule has 0 bridgehead atoms. The van der Waals surface area contributed by atoms with Gasteiger partial charge in [-0.15, -0.1) is 0 Å². The third-order valence-corrected chi connectivity index (χ3v) is 4.14. The summed E-state index contributed by atoms with van der Waals surface area (Å²) < 4.78 is 79.2. The molecule has 7 heteroatoms. The number of alkyl halides is 5. The maximum Gasteiger partial charge on any atom is 0.459 e. The van der Waals surface area contributed by atoms with Gasteiger partial charge in [0.2, 0.25) is 0 Å². The number of rotatable bonds is 3. The minimum atomic E-state index is -5.87. The Morgan fingerprint density at radius 2 is 1.42 bits per heavy atom. The second kappa shape index (κ2) is 6.48. The van der Waals surface area contributed by atoms with Crippen LogP contribution in [0, 0.1) is 0 Å². The molecule has 1 fully saturated rings. The number of halogens is 5. The molecule has 1 aliphatic heterocycles. The number of benzene rings is 2. The van der Waals surface area contributed by atoms with Gasteiger partial charge in [-0.3, -0.25) is 0 Å². The fraction of sp³-hybridized carbons (Fsp3) is 0.263. The smallest absolute Gasteiger partial charge is 0.336 e. The largest absolute Gasteiger partial charge is 0.459 e. The predicted octanol–water partition coefficient (Wildman–Crippen LogP) is 5.38. The van der Waals surface area contributed by atoms with E-state index in [9.17, 15) is 22.0 Å². The molecule has 2 atom stereocenters. The number of hydrogen-bond acceptors (Lipinski definition) is 2. The van der Waals surface area contributed by atoms with Gasteiger partial charge in [-0.2, -0.15) is 22.0 Å². The third-order valence-electron chi connectivity index (χ3n) is 4.14. The average molecular weight is 370 g/mol. The van der Waals surface area contributed by atoms with Crippen LogP contribution in [-0.4, -0.2) is 18.7 Å². The van der Waals surface area contributed by atoms with Crippen molar-refractivity contribution in [3.05, 3.63) is 83.9 Å². The predicted molar refractivity (Wildman–Crippen MR) is 84.5 cm³/mol. The minimum absolute atomic E-state index is 0.251. The molecule has 0 amide bonds. The highest BCUT2D eigenvalue weighted by atomic mass is 19.4. The van der Waals surface area contributed by atoms with E-state index >= 15 is 0 Å². The summed E-state index contributed by atoms with van der Waals surface area (Å²) in [6, 6.07) is 14.5. The first-order chi connectivity index (χ1) is 12.2. The van der Waals surface area contributed by atoms with Crippen molar-refractivity contribution < 1.29 is 31.4 Å². The standard InChI is InChI=1S/C19H15F5O2/c1-13-12-25-17(15-10-6-3-7-11-15,18(20,21)19(22,23)24)26-16(13)14-8-4-2-5-9-14/h2-11,16H,1,12H2/t16-,17+/m1/s1. The molecule has 0 saturated carbocycles. The highest BCUT2D eigenvalue weighted by molar-refractivity contribution is 5.30. The zero-order valence-electron chi connectivity index (χ0n) is 13.5. The summed E-state index contributed by atoms with van der Waals surface area (Å²) in [6.07, 6.45) is -7.04. The van der Waals surface area contributed by atoms with Crippen molar-refractivity contribution in [2.24, 2.45) is 0 Å². The van der Waals surface area contributed by atoms with E-state index < -0.39 is 36.2 Å². The molecule has 0 unspecified atom stereocenters.